The molecule has 0 aromatic heterocycles. The van der Waals surface area contributed by atoms with E-state index in [1.165, 1.54) is 27.1 Å². The molecule has 4 unspecified atom stereocenters. The topological polar surface area (TPSA) is 58.9 Å². The molecule has 2 fully saturated rings. The SMILES string of the molecule is CC(c1ccccc1)(c1ccc(OC2CCCC(O)C2)c(-c2ccc3ccccc3c2)c1)c1ccc(OC2CCCC(O)C2)c(-c2ccc3ccccc3c2)c1. The van der Waals surface area contributed by atoms with Gasteiger partial charge in [-0.1, -0.05) is 115 Å². The maximum Gasteiger partial charge on any atom is 0.127 e. The van der Waals surface area contributed by atoms with Crippen molar-refractivity contribution in [2.24, 2.45) is 0 Å². The molecule has 7 aromatic carbocycles. The first kappa shape index (κ1) is 36.2. The molecule has 2 aliphatic carbocycles. The summed E-state index contributed by atoms with van der Waals surface area (Å²) < 4.78 is 13.6. The number of rotatable bonds is 9. The summed E-state index contributed by atoms with van der Waals surface area (Å²) in [5.74, 6) is 1.68. The number of aliphatic hydroxyl groups is 2. The van der Waals surface area contributed by atoms with E-state index in [1.807, 2.05) is 0 Å². The molecule has 0 heterocycles. The van der Waals surface area contributed by atoms with Gasteiger partial charge in [0.2, 0.25) is 0 Å². The Morgan fingerprint density at radius 3 is 1.36 bits per heavy atom. The van der Waals surface area contributed by atoms with Crippen LogP contribution in [0.25, 0.3) is 43.8 Å². The van der Waals surface area contributed by atoms with Crippen LogP contribution in [0.1, 0.15) is 75.0 Å². The molecule has 2 N–H and O–H groups in total. The second-order valence-electron chi connectivity index (χ2n) is 16.2. The van der Waals surface area contributed by atoms with E-state index in [9.17, 15) is 10.2 Å². The van der Waals surface area contributed by atoms with Crippen LogP contribution in [0.15, 0.2) is 152 Å². The summed E-state index contributed by atoms with van der Waals surface area (Å²) in [6.07, 6.45) is 6.02. The van der Waals surface area contributed by atoms with Crippen molar-refractivity contribution in [3.05, 3.63) is 168 Å². The summed E-state index contributed by atoms with van der Waals surface area (Å²) in [6, 6.07) is 54.5. The Labute approximate surface area is 330 Å². The third-order valence-corrected chi connectivity index (χ3v) is 12.4. The zero-order chi connectivity index (χ0) is 38.1. The molecule has 282 valence electrons. The fourth-order valence-electron chi connectivity index (χ4n) is 9.14. The predicted molar refractivity (Wildman–Crippen MR) is 229 cm³/mol. The van der Waals surface area contributed by atoms with Gasteiger partial charge < -0.3 is 19.7 Å². The average molecular weight is 739 g/mol. The molecule has 0 aliphatic heterocycles. The fraction of sp³-hybridized carbons (Fsp3) is 0.269. The Balaban J connectivity index is 1.21. The highest BCUT2D eigenvalue weighted by Gasteiger charge is 2.34. The number of aliphatic hydroxyl groups excluding tert-OH is 2. The standard InChI is InChI=1S/C52H50O4/c1-52(41-15-3-2-4-16-41,42-25-27-50(55-46-19-9-17-44(53)33-46)48(31-42)39-23-21-35-11-5-7-13-37(35)29-39)43-26-28-51(56-47-20-10-18-45(54)34-47)49(32-43)40-24-22-36-12-6-8-14-38(36)30-40/h2-8,11-16,21-32,44-47,53-54H,9-10,17-20,33-34H2,1H3. The lowest BCUT2D eigenvalue weighted by molar-refractivity contribution is 0.0534. The average Bonchev–Trinajstić information content (AvgIpc) is 3.23. The van der Waals surface area contributed by atoms with Crippen LogP contribution in [0.5, 0.6) is 11.5 Å². The van der Waals surface area contributed by atoms with E-state index in [1.54, 1.807) is 0 Å². The highest BCUT2D eigenvalue weighted by molar-refractivity contribution is 5.90. The third-order valence-electron chi connectivity index (χ3n) is 12.4. The van der Waals surface area contributed by atoms with Crippen LogP contribution in [-0.4, -0.2) is 34.6 Å². The van der Waals surface area contributed by atoms with Gasteiger partial charge >= 0.3 is 0 Å². The van der Waals surface area contributed by atoms with Gasteiger partial charge in [0.05, 0.1) is 12.2 Å². The van der Waals surface area contributed by atoms with Crippen molar-refractivity contribution in [3.8, 4) is 33.8 Å². The lowest BCUT2D eigenvalue weighted by Gasteiger charge is -2.34. The normalized spacial score (nSPS) is 21.1. The summed E-state index contributed by atoms with van der Waals surface area (Å²) >= 11 is 0. The van der Waals surface area contributed by atoms with Crippen LogP contribution >= 0.6 is 0 Å². The van der Waals surface area contributed by atoms with Crippen LogP contribution < -0.4 is 9.47 Å². The molecule has 9 rings (SSSR count). The fourth-order valence-corrected chi connectivity index (χ4v) is 9.14. The Morgan fingerprint density at radius 2 is 0.893 bits per heavy atom. The molecule has 0 amide bonds. The maximum absolute atomic E-state index is 10.5. The Hall–Kier alpha value is -5.42. The van der Waals surface area contributed by atoms with E-state index in [2.05, 4.69) is 159 Å². The lowest BCUT2D eigenvalue weighted by atomic mass is 9.70. The second-order valence-corrected chi connectivity index (χ2v) is 16.2. The number of hydrogen-bond acceptors (Lipinski definition) is 4. The van der Waals surface area contributed by atoms with Crippen LogP contribution in [-0.2, 0) is 5.41 Å². The first-order chi connectivity index (χ1) is 27.4. The van der Waals surface area contributed by atoms with Gasteiger partial charge in [-0.25, -0.2) is 0 Å². The van der Waals surface area contributed by atoms with Gasteiger partial charge in [0.1, 0.15) is 23.7 Å². The van der Waals surface area contributed by atoms with Crippen molar-refractivity contribution in [1.82, 2.24) is 0 Å². The van der Waals surface area contributed by atoms with Crippen LogP contribution in [0.2, 0.25) is 0 Å². The summed E-state index contributed by atoms with van der Waals surface area (Å²) in [5.41, 5.74) is 7.21. The number of fused-ring (bicyclic) bond motifs is 2. The van der Waals surface area contributed by atoms with Crippen molar-refractivity contribution < 1.29 is 19.7 Å². The quantitative estimate of drug-likeness (QED) is 0.145. The highest BCUT2D eigenvalue weighted by atomic mass is 16.5. The smallest absolute Gasteiger partial charge is 0.127 e. The zero-order valence-electron chi connectivity index (χ0n) is 32.1. The van der Waals surface area contributed by atoms with E-state index < -0.39 is 5.41 Å². The highest BCUT2D eigenvalue weighted by Crippen LogP contribution is 2.46. The molecule has 4 heteroatoms. The molecule has 2 saturated carbocycles. The van der Waals surface area contributed by atoms with Gasteiger partial charge in [0, 0.05) is 29.4 Å². The van der Waals surface area contributed by atoms with Crippen LogP contribution in [0, 0.1) is 0 Å². The molecule has 2 aliphatic rings. The summed E-state index contributed by atoms with van der Waals surface area (Å²) in [5, 5.41) is 25.9. The monoisotopic (exact) mass is 738 g/mol. The lowest BCUT2D eigenvalue weighted by Crippen LogP contribution is -2.29. The Bertz CT molecular complexity index is 2320. The minimum atomic E-state index is -0.558. The molecule has 0 spiro atoms. The summed E-state index contributed by atoms with van der Waals surface area (Å²) in [6.45, 7) is 2.33. The predicted octanol–water partition coefficient (Wildman–Crippen LogP) is 12.0. The van der Waals surface area contributed by atoms with Crippen LogP contribution in [0.3, 0.4) is 0 Å². The van der Waals surface area contributed by atoms with Gasteiger partial charge in [-0.3, -0.25) is 0 Å². The maximum atomic E-state index is 10.5. The molecule has 4 atom stereocenters. The minimum Gasteiger partial charge on any atom is -0.490 e. The third kappa shape index (κ3) is 7.32. The van der Waals surface area contributed by atoms with Gasteiger partial charge in [-0.05, 0) is 131 Å². The van der Waals surface area contributed by atoms with Crippen molar-refractivity contribution in [1.29, 1.82) is 0 Å². The number of benzene rings is 7. The molecule has 4 nitrogen and oxygen atoms in total. The van der Waals surface area contributed by atoms with Crippen molar-refractivity contribution >= 4 is 21.5 Å². The van der Waals surface area contributed by atoms with Gasteiger partial charge in [-0.2, -0.15) is 0 Å². The molecule has 0 bridgehead atoms. The van der Waals surface area contributed by atoms with E-state index in [0.29, 0.717) is 12.8 Å². The van der Waals surface area contributed by atoms with E-state index in [4.69, 9.17) is 9.47 Å². The van der Waals surface area contributed by atoms with Crippen LogP contribution in [0.4, 0.5) is 0 Å². The first-order valence-electron chi connectivity index (χ1n) is 20.4. The van der Waals surface area contributed by atoms with E-state index in [-0.39, 0.29) is 24.4 Å². The molecule has 56 heavy (non-hydrogen) atoms. The Morgan fingerprint density at radius 1 is 0.446 bits per heavy atom. The first-order valence-corrected chi connectivity index (χ1v) is 20.4. The molecular weight excluding hydrogens is 689 g/mol. The van der Waals surface area contributed by atoms with E-state index >= 15 is 0 Å². The van der Waals surface area contributed by atoms with Crippen molar-refractivity contribution in [3.63, 3.8) is 0 Å². The van der Waals surface area contributed by atoms with Gasteiger partial charge in [0.25, 0.3) is 0 Å². The minimum absolute atomic E-state index is 0.0355. The van der Waals surface area contributed by atoms with Crippen molar-refractivity contribution in [2.45, 2.75) is 88.1 Å². The van der Waals surface area contributed by atoms with Gasteiger partial charge in [-0.15, -0.1) is 0 Å². The number of ether oxygens (including phenoxy) is 2. The van der Waals surface area contributed by atoms with E-state index in [0.717, 1.165) is 83.4 Å². The zero-order valence-corrected chi connectivity index (χ0v) is 32.1. The molecule has 0 saturated heterocycles. The molecule has 0 radical (unpaired) electrons. The Kier molecular flexibility index (Phi) is 10.1. The summed E-state index contributed by atoms with van der Waals surface area (Å²) in [7, 11) is 0. The second kappa shape index (κ2) is 15.6. The molecular formula is C52H50O4. The molecule has 7 aromatic rings. The summed E-state index contributed by atoms with van der Waals surface area (Å²) in [4.78, 5) is 0. The van der Waals surface area contributed by atoms with Gasteiger partial charge in [0.15, 0.2) is 0 Å². The largest absolute Gasteiger partial charge is 0.490 e. The number of hydrogen-bond donors (Lipinski definition) is 2. The van der Waals surface area contributed by atoms with Crippen molar-refractivity contribution in [2.75, 3.05) is 0 Å².